The van der Waals surface area contributed by atoms with E-state index in [1.54, 1.807) is 0 Å². The van der Waals surface area contributed by atoms with Crippen LogP contribution in [0.2, 0.25) is 0 Å². The molecule has 0 bridgehead atoms. The highest BCUT2D eigenvalue weighted by molar-refractivity contribution is 9.10. The van der Waals surface area contributed by atoms with Gasteiger partial charge in [-0.3, -0.25) is 0 Å². The number of hydrogen-bond donors (Lipinski definition) is 0. The van der Waals surface area contributed by atoms with E-state index in [1.807, 2.05) is 12.1 Å². The van der Waals surface area contributed by atoms with Crippen molar-refractivity contribution in [3.63, 3.8) is 0 Å². The van der Waals surface area contributed by atoms with Crippen molar-refractivity contribution in [2.75, 3.05) is 0 Å². The Labute approximate surface area is 136 Å². The van der Waals surface area contributed by atoms with E-state index in [0.29, 0.717) is 5.92 Å². The van der Waals surface area contributed by atoms with Crippen molar-refractivity contribution in [2.45, 2.75) is 18.9 Å². The van der Waals surface area contributed by atoms with E-state index >= 15 is 0 Å². The Morgan fingerprint density at radius 3 is 2.91 bits per heavy atom. The highest BCUT2D eigenvalue weighted by Crippen LogP contribution is 2.48. The van der Waals surface area contributed by atoms with Crippen LogP contribution in [0.1, 0.15) is 18.4 Å². The maximum Gasteiger partial charge on any atom is 0.177 e. The summed E-state index contributed by atoms with van der Waals surface area (Å²) in [6, 6.07) is 10.4. The van der Waals surface area contributed by atoms with Gasteiger partial charge in [0.2, 0.25) is 0 Å². The highest BCUT2D eigenvalue weighted by Gasteiger charge is 2.35. The lowest BCUT2D eigenvalue weighted by molar-refractivity contribution is 0.268. The summed E-state index contributed by atoms with van der Waals surface area (Å²) in [7, 11) is 0. The molecule has 3 heteroatoms. The van der Waals surface area contributed by atoms with Gasteiger partial charge in [0.25, 0.3) is 0 Å². The average Bonchev–Trinajstić information content (AvgIpc) is 3.05. The van der Waals surface area contributed by atoms with Gasteiger partial charge in [0.15, 0.2) is 11.3 Å². The Morgan fingerprint density at radius 1 is 1.09 bits per heavy atom. The van der Waals surface area contributed by atoms with Crippen molar-refractivity contribution in [1.82, 2.24) is 0 Å². The third-order valence-electron chi connectivity index (χ3n) is 4.54. The molecule has 108 valence electrons. The molecular weight excluding hydrogens is 340 g/mol. The fourth-order valence-corrected chi connectivity index (χ4v) is 3.86. The van der Waals surface area contributed by atoms with Crippen molar-refractivity contribution < 1.29 is 9.15 Å². The highest BCUT2D eigenvalue weighted by atomic mass is 79.9. The van der Waals surface area contributed by atoms with E-state index in [2.05, 4.69) is 59.3 Å². The van der Waals surface area contributed by atoms with Crippen LogP contribution in [-0.4, -0.2) is 6.10 Å². The van der Waals surface area contributed by atoms with Gasteiger partial charge >= 0.3 is 0 Å². The number of halogens is 1. The summed E-state index contributed by atoms with van der Waals surface area (Å²) in [6.45, 7) is 2.13. The zero-order chi connectivity index (χ0) is 14.8. The second-order valence-corrected chi connectivity index (χ2v) is 6.90. The molecule has 1 aliphatic heterocycles. The van der Waals surface area contributed by atoms with E-state index in [9.17, 15) is 0 Å². The van der Waals surface area contributed by atoms with Gasteiger partial charge < -0.3 is 9.15 Å². The van der Waals surface area contributed by atoms with Crippen LogP contribution in [0.3, 0.4) is 0 Å². The Morgan fingerprint density at radius 2 is 2.00 bits per heavy atom. The van der Waals surface area contributed by atoms with Crippen LogP contribution < -0.4 is 4.74 Å². The zero-order valence-corrected chi connectivity index (χ0v) is 13.6. The standard InChI is InChI=1S/C19H13BrO2/c1-10-2-6-16-14(8-10)12-4-5-13-15-9-11(20)3-7-17(15)22-19(13)18(12)21-16/h2-9,14,16H,1H3. The third kappa shape index (κ3) is 1.60. The summed E-state index contributed by atoms with van der Waals surface area (Å²) in [5.41, 5.74) is 4.26. The van der Waals surface area contributed by atoms with Crippen LogP contribution in [0, 0.1) is 0 Å². The van der Waals surface area contributed by atoms with E-state index in [-0.39, 0.29) is 6.10 Å². The summed E-state index contributed by atoms with van der Waals surface area (Å²) in [5.74, 6) is 1.19. The first-order valence-corrected chi connectivity index (χ1v) is 8.18. The Bertz CT molecular complexity index is 994. The number of ether oxygens (including phenoxy) is 1. The minimum absolute atomic E-state index is 0.0873. The van der Waals surface area contributed by atoms with Gasteiger partial charge in [0, 0.05) is 26.7 Å². The van der Waals surface area contributed by atoms with Crippen LogP contribution in [0.5, 0.6) is 5.75 Å². The third-order valence-corrected chi connectivity index (χ3v) is 5.04. The minimum Gasteiger partial charge on any atom is -0.481 e. The molecule has 2 heterocycles. The fraction of sp³-hybridized carbons (Fsp3) is 0.158. The molecule has 1 aromatic heterocycles. The molecule has 22 heavy (non-hydrogen) atoms. The molecule has 2 nitrogen and oxygen atoms in total. The van der Waals surface area contributed by atoms with E-state index < -0.39 is 0 Å². The number of fused-ring (bicyclic) bond motifs is 7. The van der Waals surface area contributed by atoms with Gasteiger partial charge in [-0.05, 0) is 37.3 Å². The monoisotopic (exact) mass is 352 g/mol. The molecule has 0 saturated heterocycles. The number of furan rings is 1. The Balaban J connectivity index is 1.81. The molecular formula is C19H13BrO2. The van der Waals surface area contributed by atoms with Crippen molar-refractivity contribution in [3.05, 3.63) is 64.2 Å². The fourth-order valence-electron chi connectivity index (χ4n) is 3.50. The molecule has 0 radical (unpaired) electrons. The molecule has 2 aliphatic rings. The Kier molecular flexibility index (Phi) is 2.43. The van der Waals surface area contributed by atoms with Crippen LogP contribution in [0.4, 0.5) is 0 Å². The lowest BCUT2D eigenvalue weighted by atomic mass is 9.89. The molecule has 3 aromatic rings. The van der Waals surface area contributed by atoms with E-state index in [4.69, 9.17) is 9.15 Å². The molecule has 2 atom stereocenters. The largest absolute Gasteiger partial charge is 0.481 e. The molecule has 0 spiro atoms. The average molecular weight is 353 g/mol. The summed E-state index contributed by atoms with van der Waals surface area (Å²) >= 11 is 3.53. The lowest BCUT2D eigenvalue weighted by Gasteiger charge is -2.16. The maximum atomic E-state index is 6.20. The number of benzene rings is 2. The van der Waals surface area contributed by atoms with E-state index in [1.165, 1.54) is 11.1 Å². The van der Waals surface area contributed by atoms with Crippen molar-refractivity contribution in [1.29, 1.82) is 0 Å². The van der Waals surface area contributed by atoms with Crippen LogP contribution >= 0.6 is 15.9 Å². The van der Waals surface area contributed by atoms with Crippen molar-refractivity contribution >= 4 is 37.9 Å². The number of allylic oxidation sites excluding steroid dienone is 2. The summed E-state index contributed by atoms with van der Waals surface area (Å²) < 4.78 is 13.3. The second kappa shape index (κ2) is 4.26. The molecule has 0 fully saturated rings. The van der Waals surface area contributed by atoms with Gasteiger partial charge in [0.05, 0.1) is 0 Å². The first-order chi connectivity index (χ1) is 10.7. The molecule has 1 aliphatic carbocycles. The topological polar surface area (TPSA) is 22.4 Å². The number of hydrogen-bond acceptors (Lipinski definition) is 2. The van der Waals surface area contributed by atoms with Crippen LogP contribution in [0.15, 0.2) is 63.0 Å². The first kappa shape index (κ1) is 12.5. The van der Waals surface area contributed by atoms with Gasteiger partial charge in [-0.1, -0.05) is 39.7 Å². The second-order valence-electron chi connectivity index (χ2n) is 5.98. The quantitative estimate of drug-likeness (QED) is 0.517. The van der Waals surface area contributed by atoms with Crippen LogP contribution in [-0.2, 0) is 0 Å². The maximum absolute atomic E-state index is 6.20. The predicted molar refractivity (Wildman–Crippen MR) is 91.5 cm³/mol. The van der Waals surface area contributed by atoms with Gasteiger partial charge in [-0.15, -0.1) is 0 Å². The van der Waals surface area contributed by atoms with Crippen LogP contribution in [0.25, 0.3) is 21.9 Å². The first-order valence-electron chi connectivity index (χ1n) is 7.39. The lowest BCUT2D eigenvalue weighted by Crippen LogP contribution is -2.16. The van der Waals surface area contributed by atoms with E-state index in [0.717, 1.165) is 32.2 Å². The van der Waals surface area contributed by atoms with Crippen molar-refractivity contribution in [2.24, 2.45) is 0 Å². The Hall–Kier alpha value is -2.00. The van der Waals surface area contributed by atoms with Crippen molar-refractivity contribution in [3.8, 4) is 5.75 Å². The molecule has 0 N–H and O–H groups in total. The minimum atomic E-state index is 0.0873. The zero-order valence-electron chi connectivity index (χ0n) is 12.0. The molecule has 0 saturated carbocycles. The SMILES string of the molecule is CC1=CC2c3ccc4c(oc5ccc(Br)cc54)c3OC2C=C1. The smallest absolute Gasteiger partial charge is 0.177 e. The normalized spacial score (nSPS) is 22.5. The summed E-state index contributed by atoms with van der Waals surface area (Å²) in [4.78, 5) is 0. The van der Waals surface area contributed by atoms with Gasteiger partial charge in [-0.2, -0.15) is 0 Å². The van der Waals surface area contributed by atoms with Gasteiger partial charge in [0.1, 0.15) is 11.7 Å². The summed E-state index contributed by atoms with van der Waals surface area (Å²) in [6.07, 6.45) is 6.64. The number of rotatable bonds is 0. The molecule has 0 amide bonds. The predicted octanol–water partition coefficient (Wildman–Crippen LogP) is 5.71. The molecule has 5 rings (SSSR count). The van der Waals surface area contributed by atoms with Gasteiger partial charge in [-0.25, -0.2) is 0 Å². The molecule has 2 unspecified atom stereocenters. The molecule has 2 aromatic carbocycles. The summed E-state index contributed by atoms with van der Waals surface area (Å²) in [5, 5.41) is 2.23.